The first-order valence-corrected chi connectivity index (χ1v) is 12.8. The Labute approximate surface area is 174 Å². The number of unbranched alkanes of at least 4 members (excludes halogenated alkanes) is 4. The van der Waals surface area contributed by atoms with Gasteiger partial charge in [-0.05, 0) is 41.1 Å². The zero-order chi connectivity index (χ0) is 20.3. The van der Waals surface area contributed by atoms with Crippen molar-refractivity contribution >= 4 is 18.7 Å². The van der Waals surface area contributed by atoms with E-state index in [0.717, 1.165) is 19.4 Å². The summed E-state index contributed by atoms with van der Waals surface area (Å²) in [5, 5.41) is 2.80. The third-order valence-electron chi connectivity index (χ3n) is 5.39. The number of hydrogen-bond donors (Lipinski definition) is 0. The third-order valence-corrected chi connectivity index (χ3v) is 10.4. The monoisotopic (exact) mass is 394 g/mol. The lowest BCUT2D eigenvalue weighted by Gasteiger charge is -2.43. The van der Waals surface area contributed by atoms with Gasteiger partial charge in [0.1, 0.15) is 0 Å². The quantitative estimate of drug-likeness (QED) is 0.241. The summed E-state index contributed by atoms with van der Waals surface area (Å²) in [7, 11) is -2.35. The van der Waals surface area contributed by atoms with E-state index in [1.54, 1.807) is 0 Å². The molecule has 152 valence electrons. The predicted octanol–water partition coefficient (Wildman–Crippen LogP) is 6.48. The van der Waals surface area contributed by atoms with E-state index < -0.39 is 8.32 Å². The zero-order valence-electron chi connectivity index (χ0n) is 18.3. The summed E-state index contributed by atoms with van der Waals surface area (Å²) in [6.07, 6.45) is 11.9. The molecule has 0 aliphatic rings. The minimum Gasteiger partial charge on any atom is -0.407 e. The Kier molecular flexibility index (Phi) is 9.20. The van der Waals surface area contributed by atoms with Crippen molar-refractivity contribution in [1.29, 1.82) is 0 Å². The molecule has 0 radical (unpaired) electrons. The summed E-state index contributed by atoms with van der Waals surface area (Å²) in [6, 6.07) is 21.9. The molecule has 0 spiro atoms. The molecule has 0 atom stereocenters. The molecule has 1 nitrogen and oxygen atoms in total. The van der Waals surface area contributed by atoms with E-state index >= 15 is 0 Å². The maximum absolute atomic E-state index is 6.93. The van der Waals surface area contributed by atoms with Crippen LogP contribution in [0.15, 0.2) is 72.8 Å². The van der Waals surface area contributed by atoms with Crippen molar-refractivity contribution in [2.24, 2.45) is 0 Å². The second-order valence-corrected chi connectivity index (χ2v) is 12.9. The average Bonchev–Trinajstić information content (AvgIpc) is 2.70. The molecular weight excluding hydrogens is 356 g/mol. The first-order chi connectivity index (χ1) is 13.5. The van der Waals surface area contributed by atoms with E-state index in [2.05, 4.69) is 101 Å². The molecule has 0 fully saturated rings. The molecule has 0 aromatic heterocycles. The Hall–Kier alpha value is -1.64. The van der Waals surface area contributed by atoms with Crippen molar-refractivity contribution in [3.8, 4) is 0 Å². The molecule has 2 aromatic rings. The lowest BCUT2D eigenvalue weighted by Crippen LogP contribution is -2.66. The summed E-state index contributed by atoms with van der Waals surface area (Å²) in [5.74, 6) is 0. The standard InChI is InChI=1S/C26H38OSi/c1-5-6-7-8-9-10-11-18-23-27-28(26(2,3)4,24-19-14-12-15-20-24)25-21-16-13-17-22-25/h8-9,12-17,19-22H,5-7,10-11,18,23H2,1-4H3/b9-8-. The van der Waals surface area contributed by atoms with Gasteiger partial charge < -0.3 is 4.43 Å². The van der Waals surface area contributed by atoms with Gasteiger partial charge in [-0.25, -0.2) is 0 Å². The van der Waals surface area contributed by atoms with E-state index in [-0.39, 0.29) is 5.04 Å². The van der Waals surface area contributed by atoms with Crippen LogP contribution in [-0.4, -0.2) is 14.9 Å². The van der Waals surface area contributed by atoms with Crippen LogP contribution in [0.4, 0.5) is 0 Å². The molecule has 0 heterocycles. The van der Waals surface area contributed by atoms with Gasteiger partial charge >= 0.3 is 0 Å². The molecule has 0 saturated heterocycles. The van der Waals surface area contributed by atoms with Crippen LogP contribution in [0, 0.1) is 0 Å². The van der Waals surface area contributed by atoms with Crippen LogP contribution in [-0.2, 0) is 4.43 Å². The van der Waals surface area contributed by atoms with E-state index in [1.807, 2.05) is 0 Å². The largest absolute Gasteiger partial charge is 0.407 e. The molecule has 0 amide bonds. The summed E-state index contributed by atoms with van der Waals surface area (Å²) >= 11 is 0. The molecule has 0 aliphatic carbocycles. The van der Waals surface area contributed by atoms with Crippen molar-refractivity contribution in [2.45, 2.75) is 71.3 Å². The fourth-order valence-electron chi connectivity index (χ4n) is 3.91. The predicted molar refractivity (Wildman–Crippen MR) is 126 cm³/mol. The Balaban J connectivity index is 2.13. The lowest BCUT2D eigenvalue weighted by molar-refractivity contribution is 0.289. The highest BCUT2D eigenvalue weighted by atomic mass is 28.4. The molecule has 2 aromatic carbocycles. The number of rotatable bonds is 11. The molecule has 0 aliphatic heterocycles. The zero-order valence-corrected chi connectivity index (χ0v) is 19.3. The second kappa shape index (κ2) is 11.4. The van der Waals surface area contributed by atoms with E-state index in [9.17, 15) is 0 Å². The smallest absolute Gasteiger partial charge is 0.261 e. The molecule has 0 bridgehead atoms. The molecule has 28 heavy (non-hydrogen) atoms. The van der Waals surface area contributed by atoms with Crippen molar-refractivity contribution in [3.63, 3.8) is 0 Å². The van der Waals surface area contributed by atoms with Gasteiger partial charge in [0.25, 0.3) is 8.32 Å². The van der Waals surface area contributed by atoms with Crippen LogP contribution in [0.3, 0.4) is 0 Å². The fourth-order valence-corrected chi connectivity index (χ4v) is 8.51. The van der Waals surface area contributed by atoms with Gasteiger partial charge in [0.05, 0.1) is 0 Å². The van der Waals surface area contributed by atoms with E-state index in [1.165, 1.54) is 36.1 Å². The molecule has 2 rings (SSSR count). The highest BCUT2D eigenvalue weighted by molar-refractivity contribution is 6.99. The Morgan fingerprint density at radius 1 is 0.750 bits per heavy atom. The minimum absolute atomic E-state index is 0.0652. The maximum atomic E-state index is 6.93. The topological polar surface area (TPSA) is 9.23 Å². The number of hydrogen-bond acceptors (Lipinski definition) is 1. The van der Waals surface area contributed by atoms with E-state index in [0.29, 0.717) is 0 Å². The number of benzene rings is 2. The van der Waals surface area contributed by atoms with Gasteiger partial charge in [-0.15, -0.1) is 0 Å². The highest BCUT2D eigenvalue weighted by Gasteiger charge is 2.49. The molecule has 2 heteroatoms. The van der Waals surface area contributed by atoms with Crippen LogP contribution in [0.25, 0.3) is 0 Å². The van der Waals surface area contributed by atoms with Crippen molar-refractivity contribution in [3.05, 3.63) is 72.8 Å². The summed E-state index contributed by atoms with van der Waals surface area (Å²) < 4.78 is 6.93. The van der Waals surface area contributed by atoms with Crippen LogP contribution < -0.4 is 10.4 Å². The molecule has 0 saturated carbocycles. The van der Waals surface area contributed by atoms with Gasteiger partial charge in [0.15, 0.2) is 0 Å². The first-order valence-electron chi connectivity index (χ1n) is 10.9. The Morgan fingerprint density at radius 3 is 1.71 bits per heavy atom. The normalized spacial score (nSPS) is 12.6. The van der Waals surface area contributed by atoms with Gasteiger partial charge in [-0.3, -0.25) is 0 Å². The first kappa shape index (κ1) is 22.6. The molecule has 0 unspecified atom stereocenters. The van der Waals surface area contributed by atoms with Crippen LogP contribution in [0.1, 0.15) is 66.2 Å². The van der Waals surface area contributed by atoms with Gasteiger partial charge in [-0.2, -0.15) is 0 Å². The summed E-state index contributed by atoms with van der Waals surface area (Å²) in [4.78, 5) is 0. The van der Waals surface area contributed by atoms with Crippen LogP contribution >= 0.6 is 0 Å². The van der Waals surface area contributed by atoms with Gasteiger partial charge in [0.2, 0.25) is 0 Å². The number of allylic oxidation sites excluding steroid dienone is 2. The van der Waals surface area contributed by atoms with Crippen LogP contribution in [0.2, 0.25) is 5.04 Å². The molecular formula is C26H38OSi. The van der Waals surface area contributed by atoms with Gasteiger partial charge in [-0.1, -0.05) is 113 Å². The van der Waals surface area contributed by atoms with Crippen LogP contribution in [0.5, 0.6) is 0 Å². The minimum atomic E-state index is -2.35. The lowest BCUT2D eigenvalue weighted by atomic mass is 10.2. The molecule has 0 N–H and O–H groups in total. The Bertz CT molecular complexity index is 646. The van der Waals surface area contributed by atoms with E-state index in [4.69, 9.17) is 4.43 Å². The van der Waals surface area contributed by atoms with Crippen molar-refractivity contribution in [2.75, 3.05) is 6.61 Å². The Morgan fingerprint density at radius 2 is 1.25 bits per heavy atom. The average molecular weight is 395 g/mol. The summed E-state index contributed by atoms with van der Waals surface area (Å²) in [6.45, 7) is 10.1. The SMILES string of the molecule is CCCC/C=C\CCCCO[Si](c1ccccc1)(c1ccccc1)C(C)(C)C. The van der Waals surface area contributed by atoms with Gasteiger partial charge in [0, 0.05) is 6.61 Å². The second-order valence-electron chi connectivity index (χ2n) is 8.62. The summed E-state index contributed by atoms with van der Waals surface area (Å²) in [5.41, 5.74) is 0. The van der Waals surface area contributed by atoms with Crippen molar-refractivity contribution in [1.82, 2.24) is 0 Å². The highest BCUT2D eigenvalue weighted by Crippen LogP contribution is 2.36. The van der Waals surface area contributed by atoms with Crippen molar-refractivity contribution < 1.29 is 4.43 Å². The fraction of sp³-hybridized carbons (Fsp3) is 0.462. The maximum Gasteiger partial charge on any atom is 0.261 e. The third kappa shape index (κ3) is 5.92.